The number of esters is 1. The van der Waals surface area contributed by atoms with Crippen molar-refractivity contribution >= 4 is 12.2 Å². The Morgan fingerprint density at radius 1 is 1.53 bits per heavy atom. The molecule has 17 heavy (non-hydrogen) atoms. The second kappa shape index (κ2) is 6.52. The lowest BCUT2D eigenvalue weighted by molar-refractivity contribution is -0.143. The molecule has 0 amide bonds. The van der Waals surface area contributed by atoms with Crippen LogP contribution in [0.5, 0.6) is 5.75 Å². The molecule has 0 saturated carbocycles. The molecule has 0 fully saturated rings. The molecule has 5 heteroatoms. The molecule has 0 saturated heterocycles. The molecule has 2 N–H and O–H groups in total. The lowest BCUT2D eigenvalue weighted by Crippen LogP contribution is -2.05. The molecule has 92 valence electrons. The van der Waals surface area contributed by atoms with Crippen molar-refractivity contribution in [3.8, 4) is 5.75 Å². The van der Waals surface area contributed by atoms with Gasteiger partial charge in [-0.25, -0.2) is 0 Å². The third-order valence-corrected chi connectivity index (χ3v) is 2.21. The minimum atomic E-state index is -0.256. The SMILES string of the molecule is CCOC(=O)CCc1ccc(/C=N/O)c(O)c1. The fourth-order valence-electron chi connectivity index (χ4n) is 1.40. The highest BCUT2D eigenvalue weighted by Gasteiger charge is 2.05. The molecule has 0 aliphatic heterocycles. The molecule has 0 aliphatic carbocycles. The maximum atomic E-state index is 11.1. The number of carbonyl (C=O) groups is 1. The summed E-state index contributed by atoms with van der Waals surface area (Å²) in [6.07, 6.45) is 1.92. The van der Waals surface area contributed by atoms with Crippen LogP contribution >= 0.6 is 0 Å². The van der Waals surface area contributed by atoms with E-state index in [-0.39, 0.29) is 18.1 Å². The highest BCUT2D eigenvalue weighted by molar-refractivity contribution is 5.83. The molecular weight excluding hydrogens is 222 g/mol. The second-order valence-corrected chi connectivity index (χ2v) is 3.44. The monoisotopic (exact) mass is 237 g/mol. The van der Waals surface area contributed by atoms with Crippen molar-refractivity contribution in [3.05, 3.63) is 29.3 Å². The first kappa shape index (κ1) is 13.0. The zero-order chi connectivity index (χ0) is 12.7. The molecule has 0 spiro atoms. The number of rotatable bonds is 5. The number of ether oxygens (including phenoxy) is 1. The average molecular weight is 237 g/mol. The van der Waals surface area contributed by atoms with Crippen LogP contribution in [-0.2, 0) is 16.0 Å². The van der Waals surface area contributed by atoms with Crippen LogP contribution in [0.25, 0.3) is 0 Å². The van der Waals surface area contributed by atoms with Crippen molar-refractivity contribution in [3.63, 3.8) is 0 Å². The van der Waals surface area contributed by atoms with Crippen LogP contribution in [-0.4, -0.2) is 29.1 Å². The van der Waals surface area contributed by atoms with E-state index in [1.807, 2.05) is 0 Å². The molecule has 1 rings (SSSR count). The topological polar surface area (TPSA) is 79.1 Å². The van der Waals surface area contributed by atoms with Gasteiger partial charge in [-0.15, -0.1) is 0 Å². The van der Waals surface area contributed by atoms with E-state index in [0.717, 1.165) is 11.8 Å². The highest BCUT2D eigenvalue weighted by Crippen LogP contribution is 2.18. The maximum absolute atomic E-state index is 11.1. The number of aromatic hydroxyl groups is 1. The maximum Gasteiger partial charge on any atom is 0.306 e. The van der Waals surface area contributed by atoms with Gasteiger partial charge in [-0.05, 0) is 31.0 Å². The molecule has 0 aliphatic rings. The smallest absolute Gasteiger partial charge is 0.306 e. The van der Waals surface area contributed by atoms with Crippen LogP contribution in [0.3, 0.4) is 0 Å². The largest absolute Gasteiger partial charge is 0.507 e. The summed E-state index contributed by atoms with van der Waals surface area (Å²) < 4.78 is 4.80. The van der Waals surface area contributed by atoms with Crippen molar-refractivity contribution in [2.45, 2.75) is 19.8 Å². The summed E-state index contributed by atoms with van der Waals surface area (Å²) in [6, 6.07) is 4.92. The van der Waals surface area contributed by atoms with Gasteiger partial charge in [0.15, 0.2) is 0 Å². The van der Waals surface area contributed by atoms with Crippen molar-refractivity contribution in [2.24, 2.45) is 5.16 Å². The number of carbonyl (C=O) groups excluding carboxylic acids is 1. The Hall–Kier alpha value is -2.04. The van der Waals surface area contributed by atoms with Gasteiger partial charge in [0.05, 0.1) is 12.8 Å². The molecule has 0 unspecified atom stereocenters. The van der Waals surface area contributed by atoms with Gasteiger partial charge in [0, 0.05) is 12.0 Å². The Bertz CT molecular complexity index is 415. The van der Waals surface area contributed by atoms with Gasteiger partial charge in [0.25, 0.3) is 0 Å². The molecule has 0 aromatic heterocycles. The second-order valence-electron chi connectivity index (χ2n) is 3.44. The summed E-state index contributed by atoms with van der Waals surface area (Å²) in [6.45, 7) is 2.13. The molecular formula is C12H15NO4. The van der Waals surface area contributed by atoms with Gasteiger partial charge in [-0.2, -0.15) is 0 Å². The third kappa shape index (κ3) is 4.14. The van der Waals surface area contributed by atoms with Crippen LogP contribution in [0.15, 0.2) is 23.4 Å². The van der Waals surface area contributed by atoms with Crippen molar-refractivity contribution < 1.29 is 19.8 Å². The normalized spacial score (nSPS) is 10.6. The summed E-state index contributed by atoms with van der Waals surface area (Å²) in [5.74, 6) is -0.239. The van der Waals surface area contributed by atoms with Crippen molar-refractivity contribution in [1.29, 1.82) is 0 Å². The number of aryl methyl sites for hydroxylation is 1. The number of phenolic OH excluding ortho intramolecular Hbond substituents is 1. The Kier molecular flexibility index (Phi) is 5.00. The number of hydrogen-bond acceptors (Lipinski definition) is 5. The van der Waals surface area contributed by atoms with E-state index in [9.17, 15) is 9.90 Å². The fraction of sp³-hybridized carbons (Fsp3) is 0.333. The molecule has 1 aromatic carbocycles. The number of phenols is 1. The van der Waals surface area contributed by atoms with Crippen LogP contribution < -0.4 is 0 Å². The number of nitrogens with zero attached hydrogens (tertiary/aromatic N) is 1. The zero-order valence-corrected chi connectivity index (χ0v) is 9.59. The van der Waals surface area contributed by atoms with Crippen LogP contribution in [0, 0.1) is 0 Å². The molecule has 0 heterocycles. The number of oxime groups is 1. The van der Waals surface area contributed by atoms with Gasteiger partial charge >= 0.3 is 5.97 Å². The minimum absolute atomic E-state index is 0.0177. The van der Waals surface area contributed by atoms with Gasteiger partial charge in [0.2, 0.25) is 0 Å². The van der Waals surface area contributed by atoms with E-state index in [1.165, 1.54) is 6.07 Å². The summed E-state index contributed by atoms with van der Waals surface area (Å²) in [7, 11) is 0. The standard InChI is InChI=1S/C12H15NO4/c1-2-17-12(15)6-4-9-3-5-10(8-13-16)11(14)7-9/h3,5,7-8,14,16H,2,4,6H2,1H3/b13-8+. The van der Waals surface area contributed by atoms with E-state index in [0.29, 0.717) is 18.6 Å². The van der Waals surface area contributed by atoms with E-state index in [2.05, 4.69) is 5.16 Å². The summed E-state index contributed by atoms with van der Waals surface area (Å²) >= 11 is 0. The lowest BCUT2D eigenvalue weighted by Gasteiger charge is -2.04. The Balaban J connectivity index is 2.61. The third-order valence-electron chi connectivity index (χ3n) is 2.21. The van der Waals surface area contributed by atoms with Gasteiger partial charge in [0.1, 0.15) is 5.75 Å². The molecule has 0 radical (unpaired) electrons. The van der Waals surface area contributed by atoms with E-state index >= 15 is 0 Å². The van der Waals surface area contributed by atoms with E-state index < -0.39 is 0 Å². The average Bonchev–Trinajstić information content (AvgIpc) is 2.30. The van der Waals surface area contributed by atoms with E-state index in [4.69, 9.17) is 9.94 Å². The first-order chi connectivity index (χ1) is 8.17. The predicted molar refractivity (Wildman–Crippen MR) is 62.4 cm³/mol. The minimum Gasteiger partial charge on any atom is -0.507 e. The summed E-state index contributed by atoms with van der Waals surface area (Å²) in [5.41, 5.74) is 1.25. The Morgan fingerprint density at radius 3 is 2.88 bits per heavy atom. The van der Waals surface area contributed by atoms with Gasteiger partial charge in [-0.3, -0.25) is 4.79 Å². The van der Waals surface area contributed by atoms with Crippen LogP contribution in [0.1, 0.15) is 24.5 Å². The Labute approximate surface area is 99.3 Å². The molecule has 5 nitrogen and oxygen atoms in total. The summed E-state index contributed by atoms with van der Waals surface area (Å²) in [4.78, 5) is 11.1. The predicted octanol–water partition coefficient (Wildman–Crippen LogP) is 1.70. The molecule has 1 aromatic rings. The first-order valence-electron chi connectivity index (χ1n) is 5.32. The Morgan fingerprint density at radius 2 is 2.29 bits per heavy atom. The first-order valence-corrected chi connectivity index (χ1v) is 5.32. The fourth-order valence-corrected chi connectivity index (χ4v) is 1.40. The van der Waals surface area contributed by atoms with Crippen LogP contribution in [0.4, 0.5) is 0 Å². The van der Waals surface area contributed by atoms with Gasteiger partial charge in [-0.1, -0.05) is 11.2 Å². The molecule has 0 atom stereocenters. The highest BCUT2D eigenvalue weighted by atomic mass is 16.5. The number of hydrogen-bond donors (Lipinski definition) is 2. The zero-order valence-electron chi connectivity index (χ0n) is 9.59. The van der Waals surface area contributed by atoms with Gasteiger partial charge < -0.3 is 15.1 Å². The van der Waals surface area contributed by atoms with Crippen molar-refractivity contribution in [2.75, 3.05) is 6.61 Å². The quantitative estimate of drug-likeness (QED) is 0.353. The van der Waals surface area contributed by atoms with E-state index in [1.54, 1.807) is 19.1 Å². The van der Waals surface area contributed by atoms with Crippen LogP contribution in [0.2, 0.25) is 0 Å². The summed E-state index contributed by atoms with van der Waals surface area (Å²) in [5, 5.41) is 20.8. The number of benzene rings is 1. The lowest BCUT2D eigenvalue weighted by atomic mass is 10.1. The van der Waals surface area contributed by atoms with Crippen molar-refractivity contribution in [1.82, 2.24) is 0 Å². The molecule has 0 bridgehead atoms.